The first kappa shape index (κ1) is 15.0. The summed E-state index contributed by atoms with van der Waals surface area (Å²) in [5.41, 5.74) is 6.81. The summed E-state index contributed by atoms with van der Waals surface area (Å²) >= 11 is 0. The predicted octanol–water partition coefficient (Wildman–Crippen LogP) is 3.40. The predicted molar refractivity (Wildman–Crippen MR) is 76.2 cm³/mol. The number of likely N-dealkylation sites (N-methyl/N-ethyl adjacent to an activating group) is 1. The van der Waals surface area contributed by atoms with Crippen molar-refractivity contribution >= 4 is 0 Å². The van der Waals surface area contributed by atoms with Crippen molar-refractivity contribution in [3.63, 3.8) is 0 Å². The molecule has 2 atom stereocenters. The van der Waals surface area contributed by atoms with E-state index in [4.69, 9.17) is 5.73 Å². The van der Waals surface area contributed by atoms with Crippen LogP contribution in [0.3, 0.4) is 0 Å². The molecule has 102 valence electrons. The molecule has 1 aliphatic rings. The number of hydrogen-bond acceptors (Lipinski definition) is 2. The van der Waals surface area contributed by atoms with Crippen LogP contribution >= 0.6 is 0 Å². The van der Waals surface area contributed by atoms with Gasteiger partial charge in [-0.25, -0.2) is 0 Å². The molecule has 0 radical (unpaired) electrons. The Labute approximate surface area is 108 Å². The van der Waals surface area contributed by atoms with Gasteiger partial charge >= 0.3 is 0 Å². The molecular weight excluding hydrogens is 208 g/mol. The maximum Gasteiger partial charge on any atom is 0.0385 e. The van der Waals surface area contributed by atoms with Crippen molar-refractivity contribution in [2.24, 2.45) is 11.1 Å². The molecule has 0 bridgehead atoms. The standard InChI is InChI=1S/C15H32N2/c1-6-13(3)17(7-2)15(12-16)11-9-8-10-14(15,4)5/h13H,6-12,16H2,1-5H3. The Bertz CT molecular complexity index is 237. The highest BCUT2D eigenvalue weighted by atomic mass is 15.2. The molecule has 1 saturated carbocycles. The molecule has 2 N–H and O–H groups in total. The monoisotopic (exact) mass is 240 g/mol. The van der Waals surface area contributed by atoms with E-state index in [0.29, 0.717) is 11.5 Å². The minimum atomic E-state index is 0.218. The average Bonchev–Trinajstić information content (AvgIpc) is 2.31. The van der Waals surface area contributed by atoms with Crippen LogP contribution in [0, 0.1) is 5.41 Å². The second-order valence-corrected chi connectivity index (χ2v) is 6.37. The molecule has 0 saturated heterocycles. The van der Waals surface area contributed by atoms with Crippen molar-refractivity contribution in [1.82, 2.24) is 4.90 Å². The molecule has 1 rings (SSSR count). The van der Waals surface area contributed by atoms with E-state index in [1.165, 1.54) is 32.1 Å². The molecule has 2 heteroatoms. The van der Waals surface area contributed by atoms with Gasteiger partial charge < -0.3 is 5.73 Å². The Morgan fingerprint density at radius 2 is 1.76 bits per heavy atom. The van der Waals surface area contributed by atoms with Crippen molar-refractivity contribution in [3.05, 3.63) is 0 Å². The lowest BCUT2D eigenvalue weighted by Gasteiger charge is -2.57. The smallest absolute Gasteiger partial charge is 0.0385 e. The molecular formula is C15H32N2. The highest BCUT2D eigenvalue weighted by molar-refractivity contribution is 5.05. The molecule has 2 nitrogen and oxygen atoms in total. The van der Waals surface area contributed by atoms with E-state index in [1.807, 2.05) is 0 Å². The zero-order valence-corrected chi connectivity index (χ0v) is 12.6. The van der Waals surface area contributed by atoms with Gasteiger partial charge in [-0.15, -0.1) is 0 Å². The van der Waals surface area contributed by atoms with Gasteiger partial charge in [0.2, 0.25) is 0 Å². The highest BCUT2D eigenvalue weighted by Crippen LogP contribution is 2.47. The van der Waals surface area contributed by atoms with E-state index in [2.05, 4.69) is 39.5 Å². The Kier molecular flexibility index (Phi) is 5.03. The lowest BCUT2D eigenvalue weighted by atomic mass is 9.61. The molecule has 0 aliphatic heterocycles. The van der Waals surface area contributed by atoms with Gasteiger partial charge in [-0.05, 0) is 38.1 Å². The maximum atomic E-state index is 6.24. The first-order chi connectivity index (χ1) is 7.95. The molecule has 0 spiro atoms. The summed E-state index contributed by atoms with van der Waals surface area (Å²) in [6.45, 7) is 13.7. The normalized spacial score (nSPS) is 30.5. The zero-order chi connectivity index (χ0) is 13.1. The van der Waals surface area contributed by atoms with Gasteiger partial charge in [-0.2, -0.15) is 0 Å². The second-order valence-electron chi connectivity index (χ2n) is 6.37. The largest absolute Gasteiger partial charge is 0.329 e. The summed E-state index contributed by atoms with van der Waals surface area (Å²) < 4.78 is 0. The number of nitrogens with zero attached hydrogens (tertiary/aromatic N) is 1. The summed E-state index contributed by atoms with van der Waals surface area (Å²) in [6.07, 6.45) is 6.51. The SMILES string of the molecule is CCC(C)N(CC)C1(CN)CCCCC1(C)C. The first-order valence-corrected chi connectivity index (χ1v) is 7.42. The fraction of sp³-hybridized carbons (Fsp3) is 1.00. The van der Waals surface area contributed by atoms with E-state index in [0.717, 1.165) is 13.1 Å². The van der Waals surface area contributed by atoms with Gasteiger partial charge in [0, 0.05) is 18.1 Å². The van der Waals surface area contributed by atoms with Crippen molar-refractivity contribution < 1.29 is 0 Å². The first-order valence-electron chi connectivity index (χ1n) is 7.42. The average molecular weight is 240 g/mol. The summed E-state index contributed by atoms with van der Waals surface area (Å²) in [4.78, 5) is 2.69. The van der Waals surface area contributed by atoms with Crippen molar-refractivity contribution in [1.29, 1.82) is 0 Å². The quantitative estimate of drug-likeness (QED) is 0.798. The van der Waals surface area contributed by atoms with E-state index >= 15 is 0 Å². The van der Waals surface area contributed by atoms with Crippen LogP contribution in [-0.2, 0) is 0 Å². The van der Waals surface area contributed by atoms with Gasteiger partial charge in [-0.3, -0.25) is 4.90 Å². The maximum absolute atomic E-state index is 6.24. The van der Waals surface area contributed by atoms with Gasteiger partial charge in [0.05, 0.1) is 0 Å². The second kappa shape index (κ2) is 5.71. The van der Waals surface area contributed by atoms with Gasteiger partial charge in [0.15, 0.2) is 0 Å². The summed E-state index contributed by atoms with van der Waals surface area (Å²) in [5, 5.41) is 0. The number of nitrogens with two attached hydrogens (primary N) is 1. The van der Waals surface area contributed by atoms with Crippen LogP contribution in [0.25, 0.3) is 0 Å². The lowest BCUT2D eigenvalue weighted by Crippen LogP contribution is -2.65. The molecule has 0 amide bonds. The van der Waals surface area contributed by atoms with Crippen molar-refractivity contribution in [3.8, 4) is 0 Å². The van der Waals surface area contributed by atoms with E-state index < -0.39 is 0 Å². The van der Waals surface area contributed by atoms with E-state index in [9.17, 15) is 0 Å². The summed E-state index contributed by atoms with van der Waals surface area (Å²) in [7, 11) is 0. The molecule has 0 heterocycles. The van der Waals surface area contributed by atoms with E-state index in [-0.39, 0.29) is 5.54 Å². The van der Waals surface area contributed by atoms with Crippen LogP contribution in [0.2, 0.25) is 0 Å². The minimum Gasteiger partial charge on any atom is -0.329 e. The minimum absolute atomic E-state index is 0.218. The van der Waals surface area contributed by atoms with Crippen LogP contribution in [-0.4, -0.2) is 29.6 Å². The highest BCUT2D eigenvalue weighted by Gasteiger charge is 2.49. The van der Waals surface area contributed by atoms with Gasteiger partial charge in [0.25, 0.3) is 0 Å². The van der Waals surface area contributed by atoms with Gasteiger partial charge in [-0.1, -0.05) is 40.5 Å². The molecule has 0 aromatic carbocycles. The third-order valence-electron chi connectivity index (χ3n) is 5.25. The molecule has 1 fully saturated rings. The zero-order valence-electron chi connectivity index (χ0n) is 12.6. The summed E-state index contributed by atoms with van der Waals surface area (Å²) in [5.74, 6) is 0. The Morgan fingerprint density at radius 1 is 1.18 bits per heavy atom. The fourth-order valence-electron chi connectivity index (χ4n) is 3.84. The summed E-state index contributed by atoms with van der Waals surface area (Å²) in [6, 6.07) is 0.640. The third kappa shape index (κ3) is 2.53. The topological polar surface area (TPSA) is 29.3 Å². The number of hydrogen-bond donors (Lipinski definition) is 1. The Balaban J connectivity index is 3.06. The van der Waals surface area contributed by atoms with Crippen molar-refractivity contribution in [2.75, 3.05) is 13.1 Å². The molecule has 1 aliphatic carbocycles. The molecule has 0 aromatic rings. The van der Waals surface area contributed by atoms with Gasteiger partial charge in [0.1, 0.15) is 0 Å². The number of rotatable bonds is 5. The van der Waals surface area contributed by atoms with Crippen LogP contribution in [0.5, 0.6) is 0 Å². The molecule has 0 aromatic heterocycles. The van der Waals surface area contributed by atoms with Crippen molar-refractivity contribution in [2.45, 2.75) is 78.3 Å². The Hall–Kier alpha value is -0.0800. The third-order valence-corrected chi connectivity index (χ3v) is 5.25. The fourth-order valence-corrected chi connectivity index (χ4v) is 3.84. The van der Waals surface area contributed by atoms with Crippen LogP contribution in [0.15, 0.2) is 0 Å². The van der Waals surface area contributed by atoms with Crippen LogP contribution < -0.4 is 5.73 Å². The molecule has 2 unspecified atom stereocenters. The van der Waals surface area contributed by atoms with E-state index in [1.54, 1.807) is 0 Å². The Morgan fingerprint density at radius 3 is 2.18 bits per heavy atom. The lowest BCUT2D eigenvalue weighted by molar-refractivity contribution is -0.0621. The van der Waals surface area contributed by atoms with Crippen LogP contribution in [0.4, 0.5) is 0 Å². The molecule has 17 heavy (non-hydrogen) atoms. The van der Waals surface area contributed by atoms with Crippen LogP contribution in [0.1, 0.15) is 66.7 Å².